The van der Waals surface area contributed by atoms with Gasteiger partial charge in [0.2, 0.25) is 5.91 Å². The Kier molecular flexibility index (Phi) is 5.59. The summed E-state index contributed by atoms with van der Waals surface area (Å²) in [5, 5.41) is 0. The number of carbonyl (C=O) groups excluding carboxylic acids is 1. The summed E-state index contributed by atoms with van der Waals surface area (Å²) in [5.74, 6) is 1.60. The zero-order valence-electron chi connectivity index (χ0n) is 12.8. The second-order valence-corrected chi connectivity index (χ2v) is 6.19. The van der Waals surface area contributed by atoms with E-state index >= 15 is 0 Å². The molecule has 1 saturated heterocycles. The number of hydrogen-bond acceptors (Lipinski definition) is 2. The normalized spacial score (nSPS) is 16.3. The van der Waals surface area contributed by atoms with E-state index in [1.54, 1.807) is 12.1 Å². The van der Waals surface area contributed by atoms with E-state index in [0.717, 1.165) is 25.9 Å². The minimum atomic E-state index is -0.251. The fourth-order valence-corrected chi connectivity index (χ4v) is 2.57. The monoisotopic (exact) mass is 293 g/mol. The first-order valence-electron chi connectivity index (χ1n) is 7.70. The number of piperidine rings is 1. The summed E-state index contributed by atoms with van der Waals surface area (Å²) in [5.41, 5.74) is 0. The number of ether oxygens (including phenoxy) is 1. The molecule has 1 amide bonds. The zero-order valence-corrected chi connectivity index (χ0v) is 12.8. The summed E-state index contributed by atoms with van der Waals surface area (Å²) in [4.78, 5) is 14.0. The van der Waals surface area contributed by atoms with Crippen molar-refractivity contribution in [1.82, 2.24) is 4.90 Å². The van der Waals surface area contributed by atoms with Gasteiger partial charge in [0.1, 0.15) is 11.6 Å². The van der Waals surface area contributed by atoms with Gasteiger partial charge in [0.25, 0.3) is 0 Å². The van der Waals surface area contributed by atoms with Crippen molar-refractivity contribution in [3.8, 4) is 5.75 Å². The quantitative estimate of drug-likeness (QED) is 0.831. The smallest absolute Gasteiger partial charge is 0.222 e. The highest BCUT2D eigenvalue weighted by Gasteiger charge is 2.23. The highest BCUT2D eigenvalue weighted by Crippen LogP contribution is 2.20. The third-order valence-corrected chi connectivity index (χ3v) is 3.85. The maximum atomic E-state index is 12.8. The lowest BCUT2D eigenvalue weighted by Gasteiger charge is -2.32. The summed E-state index contributed by atoms with van der Waals surface area (Å²) in [7, 11) is 0. The number of rotatable bonds is 5. The van der Waals surface area contributed by atoms with Crippen molar-refractivity contribution < 1.29 is 13.9 Å². The summed E-state index contributed by atoms with van der Waals surface area (Å²) < 4.78 is 18.5. The number of nitrogens with zero attached hydrogens (tertiary/aromatic N) is 1. The van der Waals surface area contributed by atoms with E-state index in [2.05, 4.69) is 13.8 Å². The Hall–Kier alpha value is -1.58. The Morgan fingerprint density at radius 2 is 1.90 bits per heavy atom. The largest absolute Gasteiger partial charge is 0.493 e. The van der Waals surface area contributed by atoms with Crippen LogP contribution in [0.2, 0.25) is 0 Å². The summed E-state index contributed by atoms with van der Waals surface area (Å²) in [6.45, 7) is 6.42. The zero-order chi connectivity index (χ0) is 15.2. The lowest BCUT2D eigenvalue weighted by atomic mass is 9.97. The molecule has 1 aromatic carbocycles. The van der Waals surface area contributed by atoms with Crippen molar-refractivity contribution in [2.75, 3.05) is 19.7 Å². The van der Waals surface area contributed by atoms with Gasteiger partial charge in [-0.05, 0) is 48.9 Å². The van der Waals surface area contributed by atoms with E-state index in [4.69, 9.17) is 4.74 Å². The van der Waals surface area contributed by atoms with Gasteiger partial charge in [-0.2, -0.15) is 0 Å². The fraction of sp³-hybridized carbons (Fsp3) is 0.588. The molecule has 116 valence electrons. The second kappa shape index (κ2) is 7.43. The molecule has 0 aliphatic carbocycles. The summed E-state index contributed by atoms with van der Waals surface area (Å²) >= 11 is 0. The van der Waals surface area contributed by atoms with Crippen LogP contribution < -0.4 is 4.74 Å². The van der Waals surface area contributed by atoms with E-state index in [9.17, 15) is 9.18 Å². The molecule has 1 aromatic rings. The van der Waals surface area contributed by atoms with Crippen molar-refractivity contribution >= 4 is 5.91 Å². The summed E-state index contributed by atoms with van der Waals surface area (Å²) in [6.07, 6.45) is 2.59. The van der Waals surface area contributed by atoms with Crippen LogP contribution in [0.25, 0.3) is 0 Å². The van der Waals surface area contributed by atoms with E-state index in [0.29, 0.717) is 30.6 Å². The van der Waals surface area contributed by atoms with Crippen molar-refractivity contribution in [3.05, 3.63) is 30.1 Å². The van der Waals surface area contributed by atoms with Crippen molar-refractivity contribution in [2.45, 2.75) is 33.1 Å². The molecule has 1 fully saturated rings. The van der Waals surface area contributed by atoms with Crippen LogP contribution in [-0.2, 0) is 4.79 Å². The van der Waals surface area contributed by atoms with Gasteiger partial charge < -0.3 is 9.64 Å². The van der Waals surface area contributed by atoms with Crippen LogP contribution >= 0.6 is 0 Å². The Labute approximate surface area is 126 Å². The molecule has 0 bridgehead atoms. The highest BCUT2D eigenvalue weighted by molar-refractivity contribution is 5.76. The molecule has 0 atom stereocenters. The number of hydrogen-bond donors (Lipinski definition) is 0. The van der Waals surface area contributed by atoms with Crippen molar-refractivity contribution in [2.24, 2.45) is 11.8 Å². The van der Waals surface area contributed by atoms with Crippen molar-refractivity contribution in [3.63, 3.8) is 0 Å². The molecule has 2 rings (SSSR count). The predicted molar refractivity (Wildman–Crippen MR) is 80.7 cm³/mol. The van der Waals surface area contributed by atoms with Gasteiger partial charge >= 0.3 is 0 Å². The molecule has 4 heteroatoms. The number of amides is 1. The van der Waals surface area contributed by atoms with Gasteiger partial charge in [-0.25, -0.2) is 4.39 Å². The fourth-order valence-electron chi connectivity index (χ4n) is 2.57. The molecule has 0 spiro atoms. The molecular formula is C17H24FNO2. The Balaban J connectivity index is 1.71. The molecule has 0 N–H and O–H groups in total. The third-order valence-electron chi connectivity index (χ3n) is 3.85. The van der Waals surface area contributed by atoms with E-state index in [1.165, 1.54) is 12.1 Å². The minimum Gasteiger partial charge on any atom is -0.493 e. The van der Waals surface area contributed by atoms with Gasteiger partial charge in [0.15, 0.2) is 0 Å². The standard InChI is InChI=1S/C17H24FNO2/c1-13(2)11-17(20)19-9-7-14(8-10-19)12-21-16-5-3-15(18)4-6-16/h3-6,13-14H,7-12H2,1-2H3. The minimum absolute atomic E-state index is 0.251. The van der Waals surface area contributed by atoms with E-state index < -0.39 is 0 Å². The molecule has 0 aromatic heterocycles. The lowest BCUT2D eigenvalue weighted by Crippen LogP contribution is -2.40. The molecule has 0 unspecified atom stereocenters. The molecule has 1 aliphatic heterocycles. The van der Waals surface area contributed by atoms with Crippen LogP contribution in [0.15, 0.2) is 24.3 Å². The van der Waals surface area contributed by atoms with E-state index in [1.807, 2.05) is 4.90 Å². The Morgan fingerprint density at radius 1 is 1.29 bits per heavy atom. The molecule has 0 radical (unpaired) electrons. The van der Waals surface area contributed by atoms with Gasteiger partial charge in [-0.1, -0.05) is 13.8 Å². The maximum Gasteiger partial charge on any atom is 0.222 e. The van der Waals surface area contributed by atoms with Gasteiger partial charge in [-0.3, -0.25) is 4.79 Å². The Morgan fingerprint density at radius 3 is 2.48 bits per heavy atom. The molecule has 3 nitrogen and oxygen atoms in total. The van der Waals surface area contributed by atoms with Crippen LogP contribution in [-0.4, -0.2) is 30.5 Å². The average Bonchev–Trinajstić information content (AvgIpc) is 2.46. The van der Waals surface area contributed by atoms with Crippen molar-refractivity contribution in [1.29, 1.82) is 0 Å². The predicted octanol–water partition coefficient (Wildman–Crippen LogP) is 3.49. The average molecular weight is 293 g/mol. The first-order valence-corrected chi connectivity index (χ1v) is 7.70. The van der Waals surface area contributed by atoms with Crippen LogP contribution in [0, 0.1) is 17.7 Å². The maximum absolute atomic E-state index is 12.8. The van der Waals surface area contributed by atoms with Gasteiger partial charge in [0.05, 0.1) is 6.61 Å². The van der Waals surface area contributed by atoms with Crippen LogP contribution in [0.1, 0.15) is 33.1 Å². The first kappa shape index (κ1) is 15.8. The molecule has 1 heterocycles. The number of halogens is 1. The molecular weight excluding hydrogens is 269 g/mol. The first-order chi connectivity index (χ1) is 10.0. The molecule has 1 aliphatic rings. The third kappa shape index (κ3) is 5.03. The topological polar surface area (TPSA) is 29.5 Å². The van der Waals surface area contributed by atoms with Gasteiger partial charge in [0, 0.05) is 19.5 Å². The van der Waals surface area contributed by atoms with Crippen LogP contribution in [0.5, 0.6) is 5.75 Å². The number of benzene rings is 1. The lowest BCUT2D eigenvalue weighted by molar-refractivity contribution is -0.133. The summed E-state index contributed by atoms with van der Waals surface area (Å²) in [6, 6.07) is 6.11. The molecule has 0 saturated carbocycles. The van der Waals surface area contributed by atoms with Crippen LogP contribution in [0.3, 0.4) is 0 Å². The second-order valence-electron chi connectivity index (χ2n) is 6.19. The van der Waals surface area contributed by atoms with Crippen LogP contribution in [0.4, 0.5) is 4.39 Å². The highest BCUT2D eigenvalue weighted by atomic mass is 19.1. The number of likely N-dealkylation sites (tertiary alicyclic amines) is 1. The number of carbonyl (C=O) groups is 1. The SMILES string of the molecule is CC(C)CC(=O)N1CCC(COc2ccc(F)cc2)CC1. The Bertz CT molecular complexity index is 450. The van der Waals surface area contributed by atoms with Gasteiger partial charge in [-0.15, -0.1) is 0 Å². The molecule has 21 heavy (non-hydrogen) atoms. The van der Waals surface area contributed by atoms with E-state index in [-0.39, 0.29) is 11.7 Å².